The van der Waals surface area contributed by atoms with Gasteiger partial charge in [0.15, 0.2) is 0 Å². The molecule has 2 rings (SSSR count). The van der Waals surface area contributed by atoms with Gasteiger partial charge in [0.05, 0.1) is 0 Å². The number of ether oxygens (including phenoxy) is 1. The Bertz CT molecular complexity index is 478. The summed E-state index contributed by atoms with van der Waals surface area (Å²) in [4.78, 5) is 11.1. The van der Waals surface area contributed by atoms with Crippen molar-refractivity contribution in [2.45, 2.75) is 32.3 Å². The number of hydrogen-bond acceptors (Lipinski definition) is 2. The summed E-state index contributed by atoms with van der Waals surface area (Å²) < 4.78 is 27.9. The quantitative estimate of drug-likeness (QED) is 0.451. The van der Waals surface area contributed by atoms with Crippen LogP contribution in [0, 0.1) is 26.9 Å². The van der Waals surface area contributed by atoms with Crippen LogP contribution in [-0.2, 0) is 46.5 Å². The molecule has 0 bridgehead atoms. The van der Waals surface area contributed by atoms with E-state index < -0.39 is 5.60 Å². The molecule has 1 aliphatic heterocycles. The summed E-state index contributed by atoms with van der Waals surface area (Å²) in [5.41, 5.74) is 1.91. The Balaban J connectivity index is -0.000000414. The number of cyclic esters (lactones) is 1. The molecule has 1 saturated heterocycles. The zero-order valence-corrected chi connectivity index (χ0v) is 12.9. The summed E-state index contributed by atoms with van der Waals surface area (Å²) in [6, 6.07) is 8.07. The average molecular weight is 326 g/mol. The van der Waals surface area contributed by atoms with Crippen molar-refractivity contribution in [3.8, 4) is 0 Å². The second-order valence-corrected chi connectivity index (χ2v) is 4.02. The van der Waals surface area contributed by atoms with Crippen LogP contribution in [-0.4, -0.2) is 5.97 Å². The fraction of sp³-hybridized carbons (Fsp3) is 0.333. The molecule has 1 aromatic rings. The van der Waals surface area contributed by atoms with Crippen LogP contribution in [0.3, 0.4) is 0 Å². The second kappa shape index (κ2) is 13.4. The Morgan fingerprint density at radius 2 is 1.57 bits per heavy atom. The molecule has 0 unspecified atom stereocenters. The minimum absolute atomic E-state index is 0. The van der Waals surface area contributed by atoms with Crippen molar-refractivity contribution < 1.29 is 40.8 Å². The zero-order chi connectivity index (χ0) is 16.2. The molecular weight excluding hydrogens is 312 g/mol. The number of carbonyl (C=O) groups is 1. The molecule has 21 heavy (non-hydrogen) atoms. The van der Waals surface area contributed by atoms with Gasteiger partial charge in [-0.25, -0.2) is 0 Å². The van der Waals surface area contributed by atoms with Crippen LogP contribution < -0.4 is 0 Å². The monoisotopic (exact) mass is 326 g/mol. The first-order valence-corrected chi connectivity index (χ1v) is 5.51. The van der Waals surface area contributed by atoms with Gasteiger partial charge < -0.3 is 4.74 Å². The number of aryl methyl sites for hydroxylation is 1. The van der Waals surface area contributed by atoms with Crippen LogP contribution >= 0.6 is 0 Å². The van der Waals surface area contributed by atoms with Gasteiger partial charge >= 0.3 is 39.9 Å². The van der Waals surface area contributed by atoms with Crippen molar-refractivity contribution in [1.82, 2.24) is 0 Å². The van der Waals surface area contributed by atoms with E-state index in [1.807, 2.05) is 38.1 Å². The summed E-state index contributed by atoms with van der Waals surface area (Å²) in [6.45, 7) is 17.5. The number of benzene rings is 1. The smallest absolute Gasteiger partial charge is 0 e. The van der Waals surface area contributed by atoms with E-state index in [4.69, 9.17) is 18.7 Å². The normalized spacial score (nSPS) is 17.8. The van der Waals surface area contributed by atoms with Crippen LogP contribution in [0.25, 0.3) is 0 Å². The van der Waals surface area contributed by atoms with Crippen LogP contribution in [0.4, 0.5) is 0 Å². The Morgan fingerprint density at radius 3 is 1.95 bits per heavy atom. The van der Waals surface area contributed by atoms with Gasteiger partial charge in [-0.1, -0.05) is 24.3 Å². The summed E-state index contributed by atoms with van der Waals surface area (Å²) in [5, 5.41) is 0. The Kier molecular flexibility index (Phi) is 15.6. The average Bonchev–Trinajstić information content (AvgIpc) is 2.86. The van der Waals surface area contributed by atoms with E-state index in [0.717, 1.165) is 12.0 Å². The largest absolute Gasteiger partial charge is 0 e. The fourth-order valence-electron chi connectivity index (χ4n) is 2.05. The Hall–Kier alpha value is -1.56. The number of carbonyl (C=O) groups excluding carboxylic acids is 1. The van der Waals surface area contributed by atoms with E-state index in [0.29, 0.717) is 6.42 Å². The minimum atomic E-state index is -0.400. The molecule has 1 aliphatic rings. The number of hydrogen-bond donors (Lipinski definition) is 0. The molecule has 1 atom stereocenters. The second-order valence-electron chi connectivity index (χ2n) is 4.02. The molecule has 0 spiro atoms. The van der Waals surface area contributed by atoms with Gasteiger partial charge in [-0.2, -0.15) is 0 Å². The first-order valence-electron chi connectivity index (χ1n) is 5.51. The maximum absolute atomic E-state index is 11.1. The predicted octanol–water partition coefficient (Wildman–Crippen LogP) is 2.43. The van der Waals surface area contributed by atoms with Gasteiger partial charge in [0.1, 0.15) is 5.60 Å². The molecule has 6 heteroatoms. The van der Waals surface area contributed by atoms with Crippen molar-refractivity contribution in [3.05, 3.63) is 55.3 Å². The van der Waals surface area contributed by atoms with Gasteiger partial charge in [0.25, 0.3) is 0 Å². The van der Waals surface area contributed by atoms with Gasteiger partial charge in [-0.05, 0) is 25.0 Å². The van der Waals surface area contributed by atoms with E-state index in [1.54, 1.807) is 0 Å². The van der Waals surface area contributed by atoms with Gasteiger partial charge in [0.2, 0.25) is 0 Å². The topological polar surface area (TPSA) is 86.0 Å². The third kappa shape index (κ3) is 7.13. The molecule has 110 valence electrons. The van der Waals surface area contributed by atoms with E-state index in [-0.39, 0.29) is 23.3 Å². The summed E-state index contributed by atoms with van der Waals surface area (Å²) in [6.07, 6.45) is 1.32. The molecule has 0 saturated carbocycles. The van der Waals surface area contributed by atoms with Gasteiger partial charge in [-0.15, -0.1) is 0 Å². The molecule has 1 aromatic carbocycles. The first kappa shape index (κ1) is 24.5. The van der Waals surface area contributed by atoms with Crippen LogP contribution in [0.15, 0.2) is 24.3 Å². The molecule has 0 aromatic heterocycles. The van der Waals surface area contributed by atoms with Crippen molar-refractivity contribution in [2.75, 3.05) is 0 Å². The van der Waals surface area contributed by atoms with Crippen molar-refractivity contribution in [3.63, 3.8) is 0 Å². The van der Waals surface area contributed by atoms with Crippen molar-refractivity contribution in [1.29, 1.82) is 0 Å². The number of rotatable bonds is 1. The predicted molar refractivity (Wildman–Crippen MR) is 65.6 cm³/mol. The Morgan fingerprint density at radius 1 is 1.10 bits per heavy atom. The molecule has 5 nitrogen and oxygen atoms in total. The van der Waals surface area contributed by atoms with E-state index in [1.165, 1.54) is 5.56 Å². The molecule has 1 fully saturated rings. The van der Waals surface area contributed by atoms with E-state index >= 15 is 0 Å². The van der Waals surface area contributed by atoms with Gasteiger partial charge in [0, 0.05) is 30.2 Å². The van der Waals surface area contributed by atoms with Crippen LogP contribution in [0.2, 0.25) is 0 Å². The molecule has 0 radical (unpaired) electrons. The fourth-order valence-corrected chi connectivity index (χ4v) is 2.05. The SMILES string of the molecule is Cc1ccccc1[C@@]1(C)CCC(=O)O1.[C-]#[O+].[C-]#[O+].[C-]#[O+].[Cr]. The van der Waals surface area contributed by atoms with Crippen molar-refractivity contribution in [2.24, 2.45) is 0 Å². The molecule has 0 aliphatic carbocycles. The summed E-state index contributed by atoms with van der Waals surface area (Å²) in [7, 11) is 0. The first-order chi connectivity index (χ1) is 9.62. The molecular formula is C15H14CrO5. The number of esters is 1. The van der Waals surface area contributed by atoms with E-state index in [2.05, 4.69) is 20.0 Å². The summed E-state index contributed by atoms with van der Waals surface area (Å²) in [5.74, 6) is -0.0873. The third-order valence-electron chi connectivity index (χ3n) is 2.86. The third-order valence-corrected chi connectivity index (χ3v) is 2.86. The maximum atomic E-state index is 11.1. The van der Waals surface area contributed by atoms with Crippen LogP contribution in [0.5, 0.6) is 0 Å². The maximum Gasteiger partial charge on any atom is 0 e. The molecule has 0 N–H and O–H groups in total. The zero-order valence-electron chi connectivity index (χ0n) is 11.7. The van der Waals surface area contributed by atoms with Gasteiger partial charge in [-0.3, -0.25) is 4.79 Å². The molecule has 0 amide bonds. The standard InChI is InChI=1S/C12H14O2.3CO.Cr/c1-9-5-3-4-6-10(9)12(2)8-7-11(13)14-12;3*1-2;/h3-6H,7-8H2,1-2H3;;;;/t12-;;;;/m1..../s1. The van der Waals surface area contributed by atoms with E-state index in [9.17, 15) is 4.79 Å². The van der Waals surface area contributed by atoms with Crippen molar-refractivity contribution >= 4 is 5.97 Å². The van der Waals surface area contributed by atoms with Crippen LogP contribution in [0.1, 0.15) is 30.9 Å². The summed E-state index contributed by atoms with van der Waals surface area (Å²) >= 11 is 0. The minimum Gasteiger partial charge on any atom is 0 e. The molecule has 1 heterocycles. The Labute approximate surface area is 135 Å².